The number of hydrogen-bond donors (Lipinski definition) is 4. The van der Waals surface area contributed by atoms with E-state index >= 15 is 0 Å². The fourth-order valence-electron chi connectivity index (χ4n) is 5.09. The van der Waals surface area contributed by atoms with Gasteiger partial charge in [0.1, 0.15) is 17.2 Å². The van der Waals surface area contributed by atoms with Gasteiger partial charge in [-0.05, 0) is 31.5 Å². The van der Waals surface area contributed by atoms with Gasteiger partial charge in [-0.3, -0.25) is 20.3 Å². The molecular weight excluding hydrogens is 468 g/mol. The summed E-state index contributed by atoms with van der Waals surface area (Å²) in [6.45, 7) is 5.50. The van der Waals surface area contributed by atoms with E-state index in [0.29, 0.717) is 6.04 Å². The molecule has 1 aromatic carbocycles. The van der Waals surface area contributed by atoms with Gasteiger partial charge in [-0.1, -0.05) is 12.1 Å². The Labute approximate surface area is 206 Å². The van der Waals surface area contributed by atoms with Crippen molar-refractivity contribution in [3.63, 3.8) is 0 Å². The molecule has 0 aliphatic carbocycles. The van der Waals surface area contributed by atoms with Crippen LogP contribution in [0, 0.1) is 0 Å². The van der Waals surface area contributed by atoms with E-state index in [0.717, 1.165) is 72.5 Å². The summed E-state index contributed by atoms with van der Waals surface area (Å²) in [6.07, 6.45) is 3.72. The predicted molar refractivity (Wildman–Crippen MR) is 136 cm³/mol. The second-order valence-corrected chi connectivity index (χ2v) is 11.0. The number of piperidine rings is 1. The Morgan fingerprint density at radius 3 is 2.79 bits per heavy atom. The van der Waals surface area contributed by atoms with Gasteiger partial charge in [0, 0.05) is 50.3 Å². The molecule has 3 saturated heterocycles. The molecule has 0 bridgehead atoms. The molecule has 9 nitrogen and oxygen atoms in total. The maximum atomic E-state index is 13.5. The molecule has 0 saturated carbocycles. The third kappa shape index (κ3) is 4.56. The molecule has 0 spiro atoms. The van der Waals surface area contributed by atoms with Crippen molar-refractivity contribution in [2.24, 2.45) is 0 Å². The number of aromatic nitrogens is 2. The number of thiazole rings is 2. The van der Waals surface area contributed by atoms with Gasteiger partial charge in [-0.25, -0.2) is 9.97 Å². The van der Waals surface area contributed by atoms with Crippen LogP contribution in [0.25, 0.3) is 10.2 Å². The SMILES string of the molecule is O=C1NC(N2CCN(c3nccs3)CC2)NC(N[C@@H]2CCCNC2)C1c1nc2ccccc2s1. The zero-order valence-corrected chi connectivity index (χ0v) is 20.6. The number of amides is 1. The molecule has 3 aromatic rings. The number of hydrogen-bond acceptors (Lipinski definition) is 10. The van der Waals surface area contributed by atoms with E-state index in [1.165, 1.54) is 0 Å². The van der Waals surface area contributed by atoms with Gasteiger partial charge in [-0.2, -0.15) is 0 Å². The van der Waals surface area contributed by atoms with Crippen molar-refractivity contribution in [3.8, 4) is 0 Å². The van der Waals surface area contributed by atoms with Gasteiger partial charge in [0.25, 0.3) is 0 Å². The van der Waals surface area contributed by atoms with E-state index < -0.39 is 0 Å². The molecule has 3 unspecified atom stereocenters. The molecule has 2 aromatic heterocycles. The number of piperazine rings is 1. The highest BCUT2D eigenvalue weighted by Gasteiger charge is 2.42. The van der Waals surface area contributed by atoms with Gasteiger partial charge >= 0.3 is 0 Å². The van der Waals surface area contributed by atoms with E-state index in [9.17, 15) is 4.79 Å². The van der Waals surface area contributed by atoms with E-state index in [1.807, 2.05) is 29.8 Å². The topological polar surface area (TPSA) is 97.5 Å². The Morgan fingerprint density at radius 2 is 2.03 bits per heavy atom. The average Bonchev–Trinajstić information content (AvgIpc) is 3.55. The lowest BCUT2D eigenvalue weighted by atomic mass is 10.00. The zero-order chi connectivity index (χ0) is 22.9. The van der Waals surface area contributed by atoms with Crippen molar-refractivity contribution in [1.82, 2.24) is 36.1 Å². The summed E-state index contributed by atoms with van der Waals surface area (Å²) < 4.78 is 1.11. The van der Waals surface area contributed by atoms with Crippen molar-refractivity contribution in [2.45, 2.75) is 37.3 Å². The summed E-state index contributed by atoms with van der Waals surface area (Å²) in [7, 11) is 0. The summed E-state index contributed by atoms with van der Waals surface area (Å²) in [5.41, 5.74) is 0.953. The van der Waals surface area contributed by atoms with E-state index in [1.54, 1.807) is 22.7 Å². The van der Waals surface area contributed by atoms with Gasteiger partial charge in [0.05, 0.1) is 16.4 Å². The number of carbonyl (C=O) groups excluding carboxylic acids is 1. The third-order valence-corrected chi connectivity index (χ3v) is 8.84. The largest absolute Gasteiger partial charge is 0.346 e. The Balaban J connectivity index is 1.20. The van der Waals surface area contributed by atoms with Crippen LogP contribution in [0.3, 0.4) is 0 Å². The minimum absolute atomic E-state index is 0.0337. The molecule has 4 N–H and O–H groups in total. The minimum Gasteiger partial charge on any atom is -0.346 e. The Morgan fingerprint density at radius 1 is 1.15 bits per heavy atom. The molecular formula is C23H30N8OS2. The lowest BCUT2D eigenvalue weighted by Crippen LogP contribution is -2.72. The maximum Gasteiger partial charge on any atom is 0.235 e. The van der Waals surface area contributed by atoms with Gasteiger partial charge in [0.2, 0.25) is 5.91 Å². The van der Waals surface area contributed by atoms with Crippen LogP contribution in [0.2, 0.25) is 0 Å². The fourth-order valence-corrected chi connectivity index (χ4v) is 6.90. The second kappa shape index (κ2) is 9.84. The molecule has 4 atom stereocenters. The predicted octanol–water partition coefficient (Wildman–Crippen LogP) is 1.33. The van der Waals surface area contributed by atoms with Crippen LogP contribution in [0.4, 0.5) is 5.13 Å². The van der Waals surface area contributed by atoms with E-state index in [4.69, 9.17) is 4.98 Å². The number of nitrogens with zero attached hydrogens (tertiary/aromatic N) is 4. The number of fused-ring (bicyclic) bond motifs is 1. The molecule has 1 amide bonds. The first-order chi connectivity index (χ1) is 16.7. The lowest BCUT2D eigenvalue weighted by Gasteiger charge is -2.45. The van der Waals surface area contributed by atoms with Crippen LogP contribution in [0.1, 0.15) is 23.8 Å². The fraction of sp³-hybridized carbons (Fsp3) is 0.522. The third-order valence-electron chi connectivity index (χ3n) is 6.89. The number of carbonyl (C=O) groups is 1. The van der Waals surface area contributed by atoms with Crippen molar-refractivity contribution in [1.29, 1.82) is 0 Å². The molecule has 3 aliphatic heterocycles. The number of anilines is 1. The molecule has 5 heterocycles. The monoisotopic (exact) mass is 498 g/mol. The summed E-state index contributed by atoms with van der Waals surface area (Å²) in [4.78, 5) is 27.5. The van der Waals surface area contributed by atoms with Crippen LogP contribution < -0.4 is 26.2 Å². The van der Waals surface area contributed by atoms with Crippen LogP contribution in [0.15, 0.2) is 35.8 Å². The summed E-state index contributed by atoms with van der Waals surface area (Å²) in [5.74, 6) is -0.335. The number of para-hydroxylation sites is 1. The Kier molecular flexibility index (Phi) is 6.46. The normalized spacial score (nSPS) is 28.8. The van der Waals surface area contributed by atoms with Gasteiger partial charge < -0.3 is 15.5 Å². The smallest absolute Gasteiger partial charge is 0.235 e. The highest BCUT2D eigenvalue weighted by molar-refractivity contribution is 7.18. The van der Waals surface area contributed by atoms with Crippen LogP contribution in [-0.4, -0.2) is 78.5 Å². The van der Waals surface area contributed by atoms with Gasteiger partial charge in [0.15, 0.2) is 5.13 Å². The van der Waals surface area contributed by atoms with E-state index in [2.05, 4.69) is 42.1 Å². The molecule has 34 heavy (non-hydrogen) atoms. The zero-order valence-electron chi connectivity index (χ0n) is 18.9. The highest BCUT2D eigenvalue weighted by Crippen LogP contribution is 2.31. The molecule has 3 fully saturated rings. The minimum atomic E-state index is -0.368. The lowest BCUT2D eigenvalue weighted by molar-refractivity contribution is -0.129. The molecule has 11 heteroatoms. The average molecular weight is 499 g/mol. The van der Waals surface area contributed by atoms with Crippen molar-refractivity contribution < 1.29 is 4.79 Å². The molecule has 180 valence electrons. The van der Waals surface area contributed by atoms with Crippen LogP contribution in [0.5, 0.6) is 0 Å². The van der Waals surface area contributed by atoms with E-state index in [-0.39, 0.29) is 24.3 Å². The Bertz CT molecular complexity index is 1070. The number of rotatable bonds is 5. The first-order valence-corrected chi connectivity index (χ1v) is 13.7. The first-order valence-electron chi connectivity index (χ1n) is 12.0. The standard InChI is InChI=1S/C23H30N8OS2/c32-20-18(21-27-16-5-1-2-6-17(16)34-21)19(26-15-4-3-7-24-14-15)28-22(29-20)30-9-11-31(12-10-30)23-25-8-13-33-23/h1-2,5-6,8,13,15,18-19,22,24,26,28H,3-4,7,9-12,14H2,(H,29,32)/t15-,18?,19?,22?/m1/s1. The molecule has 3 aliphatic rings. The van der Waals surface area contributed by atoms with Crippen molar-refractivity contribution in [3.05, 3.63) is 40.8 Å². The summed E-state index contributed by atoms with van der Waals surface area (Å²) in [6, 6.07) is 8.44. The Hall–Kier alpha value is -2.15. The summed E-state index contributed by atoms with van der Waals surface area (Å²) >= 11 is 3.29. The van der Waals surface area contributed by atoms with Gasteiger partial charge in [-0.15, -0.1) is 22.7 Å². The quantitative estimate of drug-likeness (QED) is 0.418. The van der Waals surface area contributed by atoms with Crippen LogP contribution in [-0.2, 0) is 4.79 Å². The van der Waals surface area contributed by atoms with Crippen molar-refractivity contribution in [2.75, 3.05) is 44.2 Å². The van der Waals surface area contributed by atoms with Crippen LogP contribution >= 0.6 is 22.7 Å². The highest BCUT2D eigenvalue weighted by atomic mass is 32.1. The molecule has 0 radical (unpaired) electrons. The summed E-state index contributed by atoms with van der Waals surface area (Å²) in [5, 5.41) is 18.2. The maximum absolute atomic E-state index is 13.5. The second-order valence-electron chi connectivity index (χ2n) is 9.10. The van der Waals surface area contributed by atoms with Crippen molar-refractivity contribution >= 4 is 43.9 Å². The first kappa shape index (κ1) is 22.3. The number of nitrogens with one attached hydrogen (secondary N) is 4. The number of benzene rings is 1. The molecule has 6 rings (SSSR count).